The lowest BCUT2D eigenvalue weighted by atomic mass is 10.1. The number of aryl methyl sites for hydroxylation is 1. The van der Waals surface area contributed by atoms with Crippen molar-refractivity contribution in [3.8, 4) is 0 Å². The third-order valence-corrected chi connectivity index (χ3v) is 6.90. The van der Waals surface area contributed by atoms with Gasteiger partial charge < -0.3 is 15.0 Å². The van der Waals surface area contributed by atoms with Crippen LogP contribution in [-0.2, 0) is 16.1 Å². The normalized spacial score (nSPS) is 13.6. The van der Waals surface area contributed by atoms with Gasteiger partial charge in [-0.2, -0.15) is 0 Å². The number of hydrogen-bond acceptors (Lipinski definition) is 6. The lowest BCUT2D eigenvalue weighted by molar-refractivity contribution is -0.113. The number of ether oxygens (including phenoxy) is 1. The molecule has 33 heavy (non-hydrogen) atoms. The summed E-state index contributed by atoms with van der Waals surface area (Å²) >= 11 is 7.31. The molecule has 0 spiro atoms. The molecule has 0 aliphatic carbocycles. The van der Waals surface area contributed by atoms with Crippen LogP contribution in [0.2, 0.25) is 5.02 Å². The van der Waals surface area contributed by atoms with Crippen molar-refractivity contribution >= 4 is 51.5 Å². The van der Waals surface area contributed by atoms with E-state index >= 15 is 0 Å². The van der Waals surface area contributed by atoms with Crippen molar-refractivity contribution in [2.24, 2.45) is 0 Å². The molecule has 2 heterocycles. The maximum atomic E-state index is 13.0. The number of nitrogens with zero attached hydrogens (tertiary/aromatic N) is 3. The minimum absolute atomic E-state index is 0.124. The van der Waals surface area contributed by atoms with Crippen molar-refractivity contribution in [1.82, 2.24) is 9.55 Å². The predicted molar refractivity (Wildman–Crippen MR) is 135 cm³/mol. The zero-order chi connectivity index (χ0) is 23.4. The van der Waals surface area contributed by atoms with E-state index in [1.165, 1.54) is 30.3 Å². The SMILES string of the molecule is COCCn1c(SCC(=O)Nc2ccc(N3CCCC3)cc2C)nc2cc(Cl)ccc2c1=O. The van der Waals surface area contributed by atoms with Gasteiger partial charge in [-0.15, -0.1) is 0 Å². The Morgan fingerprint density at radius 1 is 1.21 bits per heavy atom. The Balaban J connectivity index is 1.49. The van der Waals surface area contributed by atoms with Gasteiger partial charge in [0.2, 0.25) is 5.91 Å². The third kappa shape index (κ3) is 5.51. The fraction of sp³-hybridized carbons (Fsp3) is 0.375. The van der Waals surface area contributed by atoms with Crippen LogP contribution in [0.5, 0.6) is 0 Å². The summed E-state index contributed by atoms with van der Waals surface area (Å²) in [5.41, 5.74) is 3.34. The highest BCUT2D eigenvalue weighted by molar-refractivity contribution is 7.99. The van der Waals surface area contributed by atoms with Crippen molar-refractivity contribution in [1.29, 1.82) is 0 Å². The fourth-order valence-corrected chi connectivity index (χ4v) is 4.93. The number of rotatable bonds is 8. The summed E-state index contributed by atoms with van der Waals surface area (Å²) < 4.78 is 6.70. The summed E-state index contributed by atoms with van der Waals surface area (Å²) in [6.07, 6.45) is 2.44. The maximum Gasteiger partial charge on any atom is 0.262 e. The number of carbonyl (C=O) groups excluding carboxylic acids is 1. The Labute approximate surface area is 202 Å². The van der Waals surface area contributed by atoms with E-state index < -0.39 is 0 Å². The Kier molecular flexibility index (Phi) is 7.57. The van der Waals surface area contributed by atoms with Crippen molar-refractivity contribution in [3.63, 3.8) is 0 Å². The van der Waals surface area contributed by atoms with Crippen LogP contribution in [0, 0.1) is 6.92 Å². The minimum Gasteiger partial charge on any atom is -0.383 e. The molecule has 0 radical (unpaired) electrons. The summed E-state index contributed by atoms with van der Waals surface area (Å²) in [4.78, 5) is 32.7. The van der Waals surface area contributed by atoms with Gasteiger partial charge in [0.15, 0.2) is 5.16 Å². The Hall–Kier alpha value is -2.55. The van der Waals surface area contributed by atoms with E-state index in [9.17, 15) is 9.59 Å². The van der Waals surface area contributed by atoms with Gasteiger partial charge in [-0.1, -0.05) is 23.4 Å². The van der Waals surface area contributed by atoms with Crippen molar-refractivity contribution in [2.75, 3.05) is 42.8 Å². The second-order valence-electron chi connectivity index (χ2n) is 8.04. The van der Waals surface area contributed by atoms with Crippen LogP contribution in [0.15, 0.2) is 46.3 Å². The number of fused-ring (bicyclic) bond motifs is 1. The number of carbonyl (C=O) groups is 1. The molecule has 0 bridgehead atoms. The zero-order valence-electron chi connectivity index (χ0n) is 18.8. The number of amides is 1. The van der Waals surface area contributed by atoms with Gasteiger partial charge in [-0.05, 0) is 61.7 Å². The van der Waals surface area contributed by atoms with Crippen LogP contribution < -0.4 is 15.8 Å². The van der Waals surface area contributed by atoms with Crippen LogP contribution in [0.1, 0.15) is 18.4 Å². The predicted octanol–water partition coefficient (Wildman–Crippen LogP) is 4.34. The molecule has 9 heteroatoms. The highest BCUT2D eigenvalue weighted by Gasteiger charge is 2.16. The van der Waals surface area contributed by atoms with E-state index in [0.717, 1.165) is 24.3 Å². The molecule has 4 rings (SSSR count). The lowest BCUT2D eigenvalue weighted by Gasteiger charge is -2.19. The number of anilines is 2. The number of nitrogens with one attached hydrogen (secondary N) is 1. The molecule has 174 valence electrons. The molecule has 1 fully saturated rings. The molecule has 1 amide bonds. The molecule has 2 aromatic carbocycles. The first-order valence-corrected chi connectivity index (χ1v) is 12.3. The first-order valence-electron chi connectivity index (χ1n) is 10.9. The molecule has 0 saturated carbocycles. The lowest BCUT2D eigenvalue weighted by Crippen LogP contribution is -2.26. The first-order chi connectivity index (χ1) is 16.0. The molecule has 3 aromatic rings. The molecule has 0 atom stereocenters. The summed E-state index contributed by atoms with van der Waals surface area (Å²) in [5, 5.41) is 4.43. The molecule has 1 aliphatic heterocycles. The Morgan fingerprint density at radius 2 is 2.00 bits per heavy atom. The number of thioether (sulfide) groups is 1. The minimum atomic E-state index is -0.176. The molecule has 7 nitrogen and oxygen atoms in total. The summed E-state index contributed by atoms with van der Waals surface area (Å²) in [6.45, 7) is 4.87. The van der Waals surface area contributed by atoms with Crippen LogP contribution in [0.25, 0.3) is 10.9 Å². The second kappa shape index (κ2) is 10.6. The fourth-order valence-electron chi connectivity index (χ4n) is 3.94. The van der Waals surface area contributed by atoms with Crippen molar-refractivity contribution in [2.45, 2.75) is 31.5 Å². The standard InChI is InChI=1S/C24H27ClN4O3S/c1-16-13-18(28-9-3-4-10-28)6-8-20(16)26-22(30)15-33-24-27-21-14-17(25)5-7-19(21)23(31)29(24)11-12-32-2/h5-8,13-14H,3-4,9-12,15H2,1-2H3,(H,26,30). The molecular formula is C24H27ClN4O3S. The Morgan fingerprint density at radius 3 is 2.73 bits per heavy atom. The van der Waals surface area contributed by atoms with Crippen molar-refractivity contribution < 1.29 is 9.53 Å². The summed E-state index contributed by atoms with van der Waals surface area (Å²) in [5.74, 6) is -0.0329. The quantitative estimate of drug-likeness (QED) is 0.377. The van der Waals surface area contributed by atoms with E-state index in [-0.39, 0.29) is 17.2 Å². The van der Waals surface area contributed by atoms with E-state index in [1.54, 1.807) is 29.9 Å². The third-order valence-electron chi connectivity index (χ3n) is 5.69. The van der Waals surface area contributed by atoms with Gasteiger partial charge >= 0.3 is 0 Å². The summed E-state index contributed by atoms with van der Waals surface area (Å²) in [7, 11) is 1.58. The highest BCUT2D eigenvalue weighted by Crippen LogP contribution is 2.26. The number of halogens is 1. The van der Waals surface area contributed by atoms with Gasteiger partial charge in [0.1, 0.15) is 0 Å². The topological polar surface area (TPSA) is 76.5 Å². The van der Waals surface area contributed by atoms with Gasteiger partial charge in [0, 0.05) is 36.6 Å². The average molecular weight is 487 g/mol. The number of methoxy groups -OCH3 is 1. The number of benzene rings is 2. The van der Waals surface area contributed by atoms with E-state index in [0.29, 0.717) is 34.2 Å². The molecule has 1 aromatic heterocycles. The summed E-state index contributed by atoms with van der Waals surface area (Å²) in [6, 6.07) is 11.1. The van der Waals surface area contributed by atoms with Gasteiger partial charge in [-0.3, -0.25) is 14.2 Å². The maximum absolute atomic E-state index is 13.0. The largest absolute Gasteiger partial charge is 0.383 e. The molecule has 1 saturated heterocycles. The van der Waals surface area contributed by atoms with Gasteiger partial charge in [0.05, 0.1) is 29.8 Å². The number of aromatic nitrogens is 2. The monoisotopic (exact) mass is 486 g/mol. The van der Waals surface area contributed by atoms with E-state index in [1.807, 2.05) is 13.0 Å². The van der Waals surface area contributed by atoms with Crippen molar-refractivity contribution in [3.05, 3.63) is 57.3 Å². The van der Waals surface area contributed by atoms with E-state index in [2.05, 4.69) is 27.3 Å². The van der Waals surface area contributed by atoms with Gasteiger partial charge in [0.25, 0.3) is 5.56 Å². The second-order valence-corrected chi connectivity index (χ2v) is 9.41. The average Bonchev–Trinajstić information content (AvgIpc) is 3.33. The molecular weight excluding hydrogens is 460 g/mol. The molecule has 0 unspecified atom stereocenters. The Bertz CT molecular complexity index is 1220. The molecule has 1 aliphatic rings. The molecule has 1 N–H and O–H groups in total. The van der Waals surface area contributed by atoms with E-state index in [4.69, 9.17) is 16.3 Å². The van der Waals surface area contributed by atoms with Crippen LogP contribution >= 0.6 is 23.4 Å². The highest BCUT2D eigenvalue weighted by atomic mass is 35.5. The zero-order valence-corrected chi connectivity index (χ0v) is 20.3. The van der Waals surface area contributed by atoms with Crippen LogP contribution in [-0.4, -0.2) is 48.0 Å². The first kappa shape index (κ1) is 23.6. The van der Waals surface area contributed by atoms with Crippen LogP contribution in [0.3, 0.4) is 0 Å². The smallest absolute Gasteiger partial charge is 0.262 e. The van der Waals surface area contributed by atoms with Gasteiger partial charge in [-0.25, -0.2) is 4.98 Å². The number of hydrogen-bond donors (Lipinski definition) is 1. The van der Waals surface area contributed by atoms with Crippen LogP contribution in [0.4, 0.5) is 11.4 Å².